The summed E-state index contributed by atoms with van der Waals surface area (Å²) in [5, 5.41) is 0. The first kappa shape index (κ1) is 12.7. The third kappa shape index (κ3) is 1.99. The fourth-order valence-corrected chi connectivity index (χ4v) is 6.40. The minimum Gasteiger partial charge on any atom is -0.344 e. The first-order chi connectivity index (χ1) is 11.8. The van der Waals surface area contributed by atoms with Gasteiger partial charge in [0.25, 0.3) is 0 Å². The maximum Gasteiger partial charge on any atom is 0.188 e. The van der Waals surface area contributed by atoms with Crippen LogP contribution in [0.4, 0.5) is 0 Å². The fourth-order valence-electron chi connectivity index (χ4n) is 6.40. The Balaban J connectivity index is 1.44. The Bertz CT molecular complexity index is 637. The van der Waals surface area contributed by atoms with Crippen LogP contribution in [-0.4, -0.2) is 24.8 Å². The van der Waals surface area contributed by atoms with Crippen molar-refractivity contribution < 1.29 is 17.0 Å². The topological polar surface area (TPSA) is 35.5 Å². The molecule has 3 nitrogen and oxygen atoms in total. The van der Waals surface area contributed by atoms with Crippen LogP contribution < -0.4 is 0 Å². The van der Waals surface area contributed by atoms with Gasteiger partial charge in [0, 0.05) is 21.0 Å². The zero-order valence-electron chi connectivity index (χ0n) is 16.0. The molecule has 5 aliphatic rings. The smallest absolute Gasteiger partial charge is 0.188 e. The summed E-state index contributed by atoms with van der Waals surface area (Å²) in [7, 11) is 0. The highest BCUT2D eigenvalue weighted by Gasteiger charge is 2.56. The van der Waals surface area contributed by atoms with Crippen LogP contribution in [0.3, 0.4) is 0 Å². The lowest BCUT2D eigenvalue weighted by Crippen LogP contribution is -2.47. The molecule has 1 spiro atoms. The van der Waals surface area contributed by atoms with E-state index < -0.39 is 17.6 Å². The molecule has 0 aromatic carbocycles. The summed E-state index contributed by atoms with van der Waals surface area (Å²) in [5.41, 5.74) is 1.07. The standard InChI is InChI=1S/C20H28O3/c1-19-8-6-15-14-7-9-20(22-10-11-23-20)12-13(14)2-3-16(15)17(19)4-5-18(19)21/h12,14-17H,2-11H2,1H3/t14-,15+,16+,17-,19-/m0/s1/i5D2. The number of Topliss-reactive ketones (excluding diaryl/α,β-unsaturated/α-hetero) is 1. The van der Waals surface area contributed by atoms with Crippen molar-refractivity contribution >= 4 is 5.78 Å². The molecule has 0 aromatic heterocycles. The van der Waals surface area contributed by atoms with Crippen molar-refractivity contribution in [2.45, 2.75) is 64.0 Å². The lowest BCUT2D eigenvalue weighted by Gasteiger charge is -2.53. The van der Waals surface area contributed by atoms with Crippen LogP contribution >= 0.6 is 0 Å². The van der Waals surface area contributed by atoms with E-state index in [2.05, 4.69) is 6.08 Å². The second kappa shape index (κ2) is 4.92. The van der Waals surface area contributed by atoms with Crippen LogP contribution in [0, 0.1) is 29.1 Å². The Morgan fingerprint density at radius 2 is 1.96 bits per heavy atom. The molecule has 4 aliphatic carbocycles. The second-order valence-electron chi connectivity index (χ2n) is 8.51. The van der Waals surface area contributed by atoms with Crippen molar-refractivity contribution in [3.63, 3.8) is 0 Å². The van der Waals surface area contributed by atoms with Gasteiger partial charge in [-0.1, -0.05) is 12.5 Å². The lowest BCUT2D eigenvalue weighted by atomic mass is 9.52. The highest BCUT2D eigenvalue weighted by Crippen LogP contribution is 2.61. The predicted octanol–water partition coefficient (Wildman–Crippen LogP) is 3.87. The molecule has 0 radical (unpaired) electrons. The van der Waals surface area contributed by atoms with Gasteiger partial charge in [0.15, 0.2) is 5.79 Å². The zero-order valence-corrected chi connectivity index (χ0v) is 14.0. The molecule has 23 heavy (non-hydrogen) atoms. The summed E-state index contributed by atoms with van der Waals surface area (Å²) >= 11 is 0. The van der Waals surface area contributed by atoms with Crippen molar-refractivity contribution in [2.75, 3.05) is 13.2 Å². The number of fused-ring (bicyclic) bond motifs is 5. The Hall–Kier alpha value is -0.670. The van der Waals surface area contributed by atoms with E-state index in [1.165, 1.54) is 5.57 Å². The molecule has 4 fully saturated rings. The lowest BCUT2D eigenvalue weighted by molar-refractivity contribution is -0.137. The zero-order chi connectivity index (χ0) is 17.4. The molecule has 1 aliphatic heterocycles. The molecule has 0 amide bonds. The Kier molecular flexibility index (Phi) is 2.71. The van der Waals surface area contributed by atoms with Crippen molar-refractivity contribution in [1.29, 1.82) is 0 Å². The van der Waals surface area contributed by atoms with Crippen LogP contribution in [0.1, 0.15) is 61.0 Å². The molecule has 5 atom stereocenters. The van der Waals surface area contributed by atoms with E-state index >= 15 is 0 Å². The predicted molar refractivity (Wildman–Crippen MR) is 86.7 cm³/mol. The highest BCUT2D eigenvalue weighted by molar-refractivity contribution is 5.87. The van der Waals surface area contributed by atoms with E-state index in [0.29, 0.717) is 37.4 Å². The largest absolute Gasteiger partial charge is 0.344 e. The molecule has 0 aromatic rings. The molecule has 5 rings (SSSR count). The maximum atomic E-state index is 12.7. The van der Waals surface area contributed by atoms with Gasteiger partial charge >= 0.3 is 0 Å². The summed E-state index contributed by atoms with van der Waals surface area (Å²) in [6.07, 6.45) is 7.21. The summed E-state index contributed by atoms with van der Waals surface area (Å²) < 4.78 is 28.2. The van der Waals surface area contributed by atoms with Crippen molar-refractivity contribution in [3.05, 3.63) is 11.6 Å². The highest BCUT2D eigenvalue weighted by atomic mass is 16.7. The fraction of sp³-hybridized carbons (Fsp3) is 0.850. The van der Waals surface area contributed by atoms with Crippen molar-refractivity contribution in [3.8, 4) is 0 Å². The number of ketones is 1. The number of hydrogen-bond donors (Lipinski definition) is 0. The second-order valence-corrected chi connectivity index (χ2v) is 8.51. The van der Waals surface area contributed by atoms with E-state index in [1.54, 1.807) is 0 Å². The van der Waals surface area contributed by atoms with Crippen LogP contribution in [0.15, 0.2) is 11.6 Å². The first-order valence-corrected chi connectivity index (χ1v) is 9.39. The van der Waals surface area contributed by atoms with E-state index in [4.69, 9.17) is 12.2 Å². The minimum atomic E-state index is -1.62. The third-order valence-corrected chi connectivity index (χ3v) is 7.63. The van der Waals surface area contributed by atoms with Gasteiger partial charge in [-0.2, -0.15) is 0 Å². The molecule has 126 valence electrons. The molecule has 3 heteroatoms. The van der Waals surface area contributed by atoms with E-state index in [0.717, 1.165) is 38.5 Å². The summed E-state index contributed by atoms with van der Waals surface area (Å²) in [4.78, 5) is 12.7. The van der Waals surface area contributed by atoms with Crippen LogP contribution in [0.25, 0.3) is 0 Å². The average Bonchev–Trinajstić information content (AvgIpc) is 3.10. The molecule has 3 saturated carbocycles. The van der Waals surface area contributed by atoms with Gasteiger partial charge in [-0.25, -0.2) is 0 Å². The Labute approximate surface area is 141 Å². The van der Waals surface area contributed by atoms with Gasteiger partial charge in [-0.05, 0) is 68.3 Å². The number of hydrogen-bond acceptors (Lipinski definition) is 3. The number of carbonyl (C=O) groups is 1. The molecule has 0 bridgehead atoms. The Morgan fingerprint density at radius 1 is 1.13 bits per heavy atom. The van der Waals surface area contributed by atoms with Gasteiger partial charge in [0.2, 0.25) is 0 Å². The van der Waals surface area contributed by atoms with Crippen molar-refractivity contribution in [2.24, 2.45) is 29.1 Å². The first-order valence-electron chi connectivity index (χ1n) is 10.4. The Morgan fingerprint density at radius 3 is 2.78 bits per heavy atom. The number of allylic oxidation sites excluding steroid dienone is 1. The number of carbonyl (C=O) groups excluding carboxylic acids is 1. The normalized spacial score (nSPS) is 51.3. The molecular formula is C20H28O3. The van der Waals surface area contributed by atoms with Crippen LogP contribution in [0.2, 0.25) is 0 Å². The summed E-state index contributed by atoms with van der Waals surface area (Å²) in [5.74, 6) is 1.34. The van der Waals surface area contributed by atoms with E-state index in [-0.39, 0.29) is 11.7 Å². The van der Waals surface area contributed by atoms with Crippen LogP contribution in [-0.2, 0) is 14.3 Å². The number of rotatable bonds is 0. The summed E-state index contributed by atoms with van der Waals surface area (Å²) in [6.45, 7) is 3.43. The van der Waals surface area contributed by atoms with Crippen LogP contribution in [0.5, 0.6) is 0 Å². The van der Waals surface area contributed by atoms with Gasteiger partial charge in [0.05, 0.1) is 13.2 Å². The van der Waals surface area contributed by atoms with Gasteiger partial charge in [-0.3, -0.25) is 4.79 Å². The summed E-state index contributed by atoms with van der Waals surface area (Å²) in [6, 6.07) is 0. The molecule has 1 heterocycles. The minimum absolute atomic E-state index is 0.125. The maximum absolute atomic E-state index is 12.7. The number of ether oxygens (including phenoxy) is 2. The van der Waals surface area contributed by atoms with Gasteiger partial charge in [-0.15, -0.1) is 0 Å². The van der Waals surface area contributed by atoms with E-state index in [9.17, 15) is 4.79 Å². The SMILES string of the molecule is [2H]C1([2H])C[C@H]2[C@@H]3CCC4=CC5(CC[C@@H]4[C@H]3CC[C@]2(C)C1=O)OCCO5. The molecule has 0 N–H and O–H groups in total. The molecular weight excluding hydrogens is 288 g/mol. The quantitative estimate of drug-likeness (QED) is 0.636. The monoisotopic (exact) mass is 318 g/mol. The molecule has 0 unspecified atom stereocenters. The third-order valence-electron chi connectivity index (χ3n) is 7.63. The molecule has 1 saturated heterocycles. The van der Waals surface area contributed by atoms with Gasteiger partial charge in [0.1, 0.15) is 5.78 Å². The van der Waals surface area contributed by atoms with Crippen molar-refractivity contribution in [1.82, 2.24) is 0 Å². The van der Waals surface area contributed by atoms with E-state index in [1.807, 2.05) is 6.92 Å². The average molecular weight is 318 g/mol. The van der Waals surface area contributed by atoms with Gasteiger partial charge < -0.3 is 9.47 Å².